The van der Waals surface area contributed by atoms with Gasteiger partial charge in [-0.05, 0) is 44.6 Å². The number of nitrogens with zero attached hydrogens (tertiary/aromatic N) is 2. The monoisotopic (exact) mass is 406 g/mol. The van der Waals surface area contributed by atoms with Crippen LogP contribution in [0, 0.1) is 5.92 Å². The van der Waals surface area contributed by atoms with Crippen molar-refractivity contribution < 1.29 is 9.53 Å². The second-order valence-corrected chi connectivity index (χ2v) is 8.40. The summed E-state index contributed by atoms with van der Waals surface area (Å²) in [7, 11) is 0. The minimum atomic E-state index is -0.186. The Labute approximate surface area is 180 Å². The maximum absolute atomic E-state index is 12.3. The zero-order valence-electron chi connectivity index (χ0n) is 18.4. The van der Waals surface area contributed by atoms with E-state index in [1.54, 1.807) is 12.4 Å². The van der Waals surface area contributed by atoms with Crippen LogP contribution in [0.5, 0.6) is 5.75 Å². The Kier molecular flexibility index (Phi) is 8.61. The predicted octanol–water partition coefficient (Wildman–Crippen LogP) is 6.70. The van der Waals surface area contributed by atoms with Gasteiger partial charge in [-0.25, -0.2) is 9.97 Å². The number of unbranched alkanes of at least 4 members (excludes halogenated alkanes) is 5. The average Bonchev–Trinajstić information content (AvgIpc) is 2.77. The van der Waals surface area contributed by atoms with Crippen LogP contribution in [0.4, 0.5) is 0 Å². The number of allylic oxidation sites excluding steroid dienone is 2. The van der Waals surface area contributed by atoms with E-state index in [9.17, 15) is 4.79 Å². The zero-order chi connectivity index (χ0) is 21.2. The molecule has 0 saturated carbocycles. The number of rotatable bonds is 10. The predicted molar refractivity (Wildman–Crippen MR) is 121 cm³/mol. The average molecular weight is 407 g/mol. The van der Waals surface area contributed by atoms with Crippen molar-refractivity contribution in [1.29, 1.82) is 0 Å². The molecule has 1 unspecified atom stereocenters. The van der Waals surface area contributed by atoms with Gasteiger partial charge < -0.3 is 4.74 Å². The number of carbonyl (C=O) groups is 1. The lowest BCUT2D eigenvalue weighted by atomic mass is 9.90. The van der Waals surface area contributed by atoms with Crippen molar-refractivity contribution in [2.75, 3.05) is 0 Å². The van der Waals surface area contributed by atoms with Gasteiger partial charge in [-0.3, -0.25) is 4.79 Å². The Balaban J connectivity index is 1.48. The van der Waals surface area contributed by atoms with Crippen LogP contribution in [0.2, 0.25) is 0 Å². The maximum atomic E-state index is 12.3. The summed E-state index contributed by atoms with van der Waals surface area (Å²) in [5, 5.41) is 0. The molecule has 4 heteroatoms. The Bertz CT molecular complexity index is 825. The molecule has 1 heterocycles. The second kappa shape index (κ2) is 11.6. The lowest BCUT2D eigenvalue weighted by molar-refractivity contribution is -0.139. The number of aryl methyl sites for hydroxylation is 1. The summed E-state index contributed by atoms with van der Waals surface area (Å²) in [6.07, 6.45) is 16.9. The van der Waals surface area contributed by atoms with E-state index in [1.807, 2.05) is 0 Å². The molecule has 0 fully saturated rings. The summed E-state index contributed by atoms with van der Waals surface area (Å²) in [5.41, 5.74) is 3.69. The molecule has 2 aromatic rings. The van der Waals surface area contributed by atoms with Crippen LogP contribution >= 0.6 is 0 Å². The first-order chi connectivity index (χ1) is 14.7. The van der Waals surface area contributed by atoms with Gasteiger partial charge in [0.1, 0.15) is 0 Å². The van der Waals surface area contributed by atoms with E-state index < -0.39 is 0 Å². The Hall–Kier alpha value is -2.49. The first-order valence-corrected chi connectivity index (χ1v) is 11.4. The van der Waals surface area contributed by atoms with Crippen LogP contribution < -0.4 is 4.74 Å². The van der Waals surface area contributed by atoms with E-state index in [-0.39, 0.29) is 11.9 Å². The van der Waals surface area contributed by atoms with Crippen molar-refractivity contribution in [2.45, 2.75) is 78.1 Å². The molecule has 0 N–H and O–H groups in total. The highest BCUT2D eigenvalue weighted by Crippen LogP contribution is 2.25. The molecule has 1 aromatic carbocycles. The second-order valence-electron chi connectivity index (χ2n) is 8.40. The van der Waals surface area contributed by atoms with E-state index in [0.29, 0.717) is 11.6 Å². The summed E-state index contributed by atoms with van der Waals surface area (Å²) < 4.78 is 5.49. The lowest BCUT2D eigenvalue weighted by Gasteiger charge is -2.18. The Morgan fingerprint density at radius 1 is 1.03 bits per heavy atom. The summed E-state index contributed by atoms with van der Waals surface area (Å²) in [4.78, 5) is 21.1. The maximum Gasteiger partial charge on any atom is 0.314 e. The third-order valence-corrected chi connectivity index (χ3v) is 5.85. The quantitative estimate of drug-likeness (QED) is 0.250. The molecule has 4 nitrogen and oxygen atoms in total. The van der Waals surface area contributed by atoms with E-state index in [4.69, 9.17) is 4.74 Å². The number of esters is 1. The van der Waals surface area contributed by atoms with Crippen molar-refractivity contribution >= 4 is 5.97 Å². The molecule has 160 valence electrons. The number of benzene rings is 1. The van der Waals surface area contributed by atoms with Gasteiger partial charge in [0.2, 0.25) is 0 Å². The van der Waals surface area contributed by atoms with Crippen molar-refractivity contribution in [3.8, 4) is 17.1 Å². The first kappa shape index (κ1) is 22.2. The summed E-state index contributed by atoms with van der Waals surface area (Å²) in [6, 6.07) is 8.47. The highest BCUT2D eigenvalue weighted by molar-refractivity contribution is 5.75. The fourth-order valence-corrected chi connectivity index (χ4v) is 3.83. The molecule has 0 aliphatic heterocycles. The molecular formula is C26H34N2O2. The Morgan fingerprint density at radius 2 is 1.73 bits per heavy atom. The highest BCUT2D eigenvalue weighted by Gasteiger charge is 2.22. The Morgan fingerprint density at radius 3 is 2.40 bits per heavy atom. The van der Waals surface area contributed by atoms with E-state index in [2.05, 4.69) is 54.2 Å². The van der Waals surface area contributed by atoms with Crippen LogP contribution in [0.15, 0.2) is 48.3 Å². The minimum Gasteiger partial charge on any atom is -0.423 e. The van der Waals surface area contributed by atoms with Gasteiger partial charge >= 0.3 is 5.97 Å². The minimum absolute atomic E-state index is 0.0624. The molecule has 0 bridgehead atoms. The lowest BCUT2D eigenvalue weighted by Crippen LogP contribution is -2.22. The molecule has 1 aromatic heterocycles. The molecule has 0 radical (unpaired) electrons. The molecule has 30 heavy (non-hydrogen) atoms. The van der Waals surface area contributed by atoms with Gasteiger partial charge in [-0.15, -0.1) is 0 Å². The number of aromatic nitrogens is 2. The number of carbonyl (C=O) groups excluding carboxylic acids is 1. The number of hydrogen-bond acceptors (Lipinski definition) is 4. The third-order valence-electron chi connectivity index (χ3n) is 5.85. The van der Waals surface area contributed by atoms with Crippen molar-refractivity contribution in [2.24, 2.45) is 5.92 Å². The largest absolute Gasteiger partial charge is 0.423 e. The molecule has 0 amide bonds. The molecular weight excluding hydrogens is 372 g/mol. The standard InChI is InChI=1S/C26H34N2O2/c1-3-4-5-6-7-8-9-21-12-16-22(17-13-21)25-27-18-24(19-28-25)30-26(29)23-14-10-20(2)11-15-23/h10,12-13,16-19,23H,3-9,11,14-15H2,1-2H3. The van der Waals surface area contributed by atoms with Crippen molar-refractivity contribution in [3.63, 3.8) is 0 Å². The number of hydrogen-bond donors (Lipinski definition) is 0. The van der Waals surface area contributed by atoms with Crippen molar-refractivity contribution in [3.05, 3.63) is 53.9 Å². The summed E-state index contributed by atoms with van der Waals surface area (Å²) in [6.45, 7) is 4.36. The molecule has 1 aliphatic rings. The normalized spacial score (nSPS) is 16.2. The van der Waals surface area contributed by atoms with Crippen LogP contribution in [0.1, 0.15) is 77.2 Å². The van der Waals surface area contributed by atoms with Gasteiger partial charge in [0.15, 0.2) is 11.6 Å². The zero-order valence-corrected chi connectivity index (χ0v) is 18.4. The molecule has 0 spiro atoms. The van der Waals surface area contributed by atoms with E-state index in [1.165, 1.54) is 49.7 Å². The molecule has 1 aliphatic carbocycles. The van der Waals surface area contributed by atoms with E-state index >= 15 is 0 Å². The fraction of sp³-hybridized carbons (Fsp3) is 0.500. The van der Waals surface area contributed by atoms with Gasteiger partial charge in [-0.1, -0.05) is 74.9 Å². The third kappa shape index (κ3) is 6.79. The fourth-order valence-electron chi connectivity index (χ4n) is 3.83. The van der Waals surface area contributed by atoms with Gasteiger partial charge in [0, 0.05) is 5.56 Å². The van der Waals surface area contributed by atoms with E-state index in [0.717, 1.165) is 31.2 Å². The molecule has 1 atom stereocenters. The van der Waals surface area contributed by atoms with Gasteiger partial charge in [-0.2, -0.15) is 0 Å². The molecule has 0 saturated heterocycles. The SMILES string of the molecule is CCCCCCCCc1ccc(-c2ncc(OC(=O)C3CC=C(C)CC3)cn2)cc1. The topological polar surface area (TPSA) is 52.1 Å². The van der Waals surface area contributed by atoms with Crippen LogP contribution in [0.25, 0.3) is 11.4 Å². The highest BCUT2D eigenvalue weighted by atomic mass is 16.5. The summed E-state index contributed by atoms with van der Waals surface area (Å²) in [5.74, 6) is 0.813. The smallest absolute Gasteiger partial charge is 0.314 e. The van der Waals surface area contributed by atoms with Crippen LogP contribution in [-0.2, 0) is 11.2 Å². The van der Waals surface area contributed by atoms with Crippen LogP contribution in [0.3, 0.4) is 0 Å². The number of ether oxygens (including phenoxy) is 1. The molecule has 3 rings (SSSR count). The van der Waals surface area contributed by atoms with Gasteiger partial charge in [0.25, 0.3) is 0 Å². The first-order valence-electron chi connectivity index (χ1n) is 11.4. The summed E-state index contributed by atoms with van der Waals surface area (Å²) >= 11 is 0. The van der Waals surface area contributed by atoms with Crippen LogP contribution in [-0.4, -0.2) is 15.9 Å². The van der Waals surface area contributed by atoms with Crippen molar-refractivity contribution in [1.82, 2.24) is 9.97 Å². The van der Waals surface area contributed by atoms with Gasteiger partial charge in [0.05, 0.1) is 18.3 Å².